The van der Waals surface area contributed by atoms with E-state index in [2.05, 4.69) is 60.8 Å². The molecule has 0 atom stereocenters. The van der Waals surface area contributed by atoms with Crippen LogP contribution in [-0.4, -0.2) is 19.5 Å². The molecule has 0 aliphatic heterocycles. The quantitative estimate of drug-likeness (QED) is 0.251. The summed E-state index contributed by atoms with van der Waals surface area (Å²) in [6, 6.07) is 30.1. The average molecular weight is 477 g/mol. The molecule has 0 bridgehead atoms. The lowest BCUT2D eigenvalue weighted by molar-refractivity contribution is 0.926. The topological polar surface area (TPSA) is 71.8 Å². The fourth-order valence-electron chi connectivity index (χ4n) is 4.88. The molecule has 0 spiro atoms. The van der Waals surface area contributed by atoms with E-state index in [0.29, 0.717) is 28.7 Å². The van der Waals surface area contributed by atoms with Crippen LogP contribution in [0, 0.1) is 31.8 Å². The SMILES string of the molecule is [C-]#[N+]c1cccc(-c2ccc3c4ccccc4n(-c4cc(C#N)ccc4-c4nc(C)nc(C)n4)c3c2)c1. The second kappa shape index (κ2) is 8.71. The molecular weight excluding hydrogens is 456 g/mol. The summed E-state index contributed by atoms with van der Waals surface area (Å²) in [5, 5.41) is 12.0. The van der Waals surface area contributed by atoms with Crippen LogP contribution >= 0.6 is 0 Å². The zero-order valence-electron chi connectivity index (χ0n) is 20.3. The molecule has 37 heavy (non-hydrogen) atoms. The highest BCUT2D eigenvalue weighted by molar-refractivity contribution is 6.10. The number of benzene rings is 4. The van der Waals surface area contributed by atoms with E-state index in [1.54, 1.807) is 6.07 Å². The number of aryl methyl sites for hydroxylation is 2. The van der Waals surface area contributed by atoms with Gasteiger partial charge in [0.05, 0.1) is 34.9 Å². The van der Waals surface area contributed by atoms with Crippen molar-refractivity contribution >= 4 is 27.5 Å². The second-order valence-electron chi connectivity index (χ2n) is 8.84. The number of aromatic nitrogens is 4. The Labute approximate surface area is 213 Å². The molecule has 2 heterocycles. The Hall–Kier alpha value is -5.33. The van der Waals surface area contributed by atoms with Gasteiger partial charge in [0.1, 0.15) is 11.6 Å². The van der Waals surface area contributed by atoms with Gasteiger partial charge in [-0.15, -0.1) is 0 Å². The van der Waals surface area contributed by atoms with E-state index in [1.165, 1.54) is 0 Å². The van der Waals surface area contributed by atoms with Crippen LogP contribution in [0.1, 0.15) is 17.2 Å². The Balaban J connectivity index is 1.71. The van der Waals surface area contributed by atoms with Crippen molar-refractivity contribution < 1.29 is 0 Å². The van der Waals surface area contributed by atoms with E-state index in [9.17, 15) is 5.26 Å². The lowest BCUT2D eigenvalue weighted by Crippen LogP contribution is -2.03. The zero-order chi connectivity index (χ0) is 25.5. The number of nitriles is 1. The molecule has 6 nitrogen and oxygen atoms in total. The molecule has 0 amide bonds. The van der Waals surface area contributed by atoms with Gasteiger partial charge in [-0.2, -0.15) is 5.26 Å². The third kappa shape index (κ3) is 3.78. The standard InChI is InChI=1S/C31H20N6/c1-19-34-20(2)36-31(35-19)27-13-11-21(18-32)15-29(27)37-28-10-5-4-9-25(28)26-14-12-23(17-30(26)37)22-7-6-8-24(16-22)33-3/h4-17H,1-2H3. The first-order chi connectivity index (χ1) is 18.1. The van der Waals surface area contributed by atoms with Crippen LogP contribution in [0.5, 0.6) is 0 Å². The molecule has 0 radical (unpaired) electrons. The van der Waals surface area contributed by atoms with Crippen LogP contribution in [0.15, 0.2) is 84.9 Å². The molecule has 4 aromatic carbocycles. The zero-order valence-corrected chi connectivity index (χ0v) is 20.3. The minimum absolute atomic E-state index is 0.549. The first kappa shape index (κ1) is 22.2. The normalized spacial score (nSPS) is 10.9. The van der Waals surface area contributed by atoms with Gasteiger partial charge in [-0.3, -0.25) is 0 Å². The van der Waals surface area contributed by atoms with Crippen molar-refractivity contribution in [3.05, 3.63) is 114 Å². The monoisotopic (exact) mass is 476 g/mol. The summed E-state index contributed by atoms with van der Waals surface area (Å²) < 4.78 is 2.18. The second-order valence-corrected chi connectivity index (χ2v) is 8.84. The maximum atomic E-state index is 9.75. The van der Waals surface area contributed by atoms with Crippen molar-refractivity contribution in [3.63, 3.8) is 0 Å². The molecule has 6 rings (SSSR count). The Morgan fingerprint density at radius 2 is 1.51 bits per heavy atom. The summed E-state index contributed by atoms with van der Waals surface area (Å²) in [5.74, 6) is 1.85. The predicted octanol–water partition coefficient (Wildman–Crippen LogP) is 7.34. The molecule has 0 saturated heterocycles. The molecule has 6 heteroatoms. The number of fused-ring (bicyclic) bond motifs is 3. The Morgan fingerprint density at radius 3 is 2.30 bits per heavy atom. The first-order valence-electron chi connectivity index (χ1n) is 11.8. The summed E-state index contributed by atoms with van der Waals surface area (Å²) in [6.45, 7) is 11.1. The predicted molar refractivity (Wildman–Crippen MR) is 145 cm³/mol. The molecule has 174 valence electrons. The van der Waals surface area contributed by atoms with Crippen molar-refractivity contribution in [2.45, 2.75) is 13.8 Å². The van der Waals surface area contributed by atoms with E-state index in [-0.39, 0.29) is 0 Å². The van der Waals surface area contributed by atoms with Crippen molar-refractivity contribution in [2.75, 3.05) is 0 Å². The maximum absolute atomic E-state index is 9.75. The van der Waals surface area contributed by atoms with Gasteiger partial charge in [0.15, 0.2) is 11.5 Å². The number of hydrogen-bond donors (Lipinski definition) is 0. The lowest BCUT2D eigenvalue weighted by atomic mass is 10.0. The van der Waals surface area contributed by atoms with Gasteiger partial charge < -0.3 is 4.57 Å². The molecule has 6 aromatic rings. The Morgan fingerprint density at radius 1 is 0.757 bits per heavy atom. The average Bonchev–Trinajstić information content (AvgIpc) is 3.25. The molecule has 0 aliphatic carbocycles. The Kier molecular flexibility index (Phi) is 5.22. The molecule has 0 saturated carbocycles. The van der Waals surface area contributed by atoms with E-state index < -0.39 is 0 Å². The van der Waals surface area contributed by atoms with Crippen molar-refractivity contribution in [3.8, 4) is 34.3 Å². The largest absolute Gasteiger partial charge is 0.308 e. The van der Waals surface area contributed by atoms with Crippen molar-refractivity contribution in [1.82, 2.24) is 19.5 Å². The molecule has 0 N–H and O–H groups in total. The third-order valence-corrected chi connectivity index (χ3v) is 6.45. The van der Waals surface area contributed by atoms with Crippen LogP contribution in [0.2, 0.25) is 0 Å². The number of nitrogens with zero attached hydrogens (tertiary/aromatic N) is 6. The summed E-state index contributed by atoms with van der Waals surface area (Å²) in [7, 11) is 0. The van der Waals surface area contributed by atoms with E-state index in [1.807, 2.05) is 62.4 Å². The van der Waals surface area contributed by atoms with Gasteiger partial charge in [0.2, 0.25) is 0 Å². The van der Waals surface area contributed by atoms with Crippen molar-refractivity contribution in [1.29, 1.82) is 5.26 Å². The first-order valence-corrected chi connectivity index (χ1v) is 11.8. The van der Waals surface area contributed by atoms with Gasteiger partial charge in [-0.25, -0.2) is 19.8 Å². The van der Waals surface area contributed by atoms with Crippen LogP contribution in [0.25, 0.3) is 54.9 Å². The van der Waals surface area contributed by atoms with E-state index in [4.69, 9.17) is 6.57 Å². The van der Waals surface area contributed by atoms with Crippen LogP contribution < -0.4 is 0 Å². The number of para-hydroxylation sites is 1. The minimum atomic E-state index is 0.549. The molecular formula is C31H20N6. The van der Waals surface area contributed by atoms with E-state index in [0.717, 1.165) is 44.2 Å². The third-order valence-electron chi connectivity index (χ3n) is 6.45. The smallest absolute Gasteiger partial charge is 0.187 e. The van der Waals surface area contributed by atoms with Crippen LogP contribution in [0.3, 0.4) is 0 Å². The number of rotatable bonds is 3. The summed E-state index contributed by atoms with van der Waals surface area (Å²) in [4.78, 5) is 17.2. The molecule has 0 fully saturated rings. The van der Waals surface area contributed by atoms with Gasteiger partial charge in [-0.1, -0.05) is 48.5 Å². The van der Waals surface area contributed by atoms with Gasteiger partial charge in [0, 0.05) is 16.3 Å². The highest BCUT2D eigenvalue weighted by Crippen LogP contribution is 2.38. The van der Waals surface area contributed by atoms with Crippen molar-refractivity contribution in [2.24, 2.45) is 0 Å². The summed E-state index contributed by atoms with van der Waals surface area (Å²) >= 11 is 0. The van der Waals surface area contributed by atoms with Gasteiger partial charge in [-0.05, 0) is 61.4 Å². The Bertz CT molecular complexity index is 1910. The van der Waals surface area contributed by atoms with Crippen LogP contribution in [0.4, 0.5) is 5.69 Å². The van der Waals surface area contributed by atoms with E-state index >= 15 is 0 Å². The molecule has 0 aliphatic rings. The molecule has 2 aromatic heterocycles. The minimum Gasteiger partial charge on any atom is -0.308 e. The van der Waals surface area contributed by atoms with Gasteiger partial charge >= 0.3 is 0 Å². The highest BCUT2D eigenvalue weighted by atomic mass is 15.0. The summed E-state index contributed by atoms with van der Waals surface area (Å²) in [6.07, 6.45) is 0. The summed E-state index contributed by atoms with van der Waals surface area (Å²) in [5.41, 5.74) is 6.77. The maximum Gasteiger partial charge on any atom is 0.187 e. The fraction of sp³-hybridized carbons (Fsp3) is 0.0645. The van der Waals surface area contributed by atoms with Crippen LogP contribution in [-0.2, 0) is 0 Å². The van der Waals surface area contributed by atoms with Gasteiger partial charge in [0.25, 0.3) is 0 Å². The number of hydrogen-bond acceptors (Lipinski definition) is 4. The molecule has 0 unspecified atom stereocenters. The lowest BCUT2D eigenvalue weighted by Gasteiger charge is -2.14. The fourth-order valence-corrected chi connectivity index (χ4v) is 4.88. The highest BCUT2D eigenvalue weighted by Gasteiger charge is 2.18.